The molecule has 0 fully saturated rings. The summed E-state index contributed by atoms with van der Waals surface area (Å²) in [6.07, 6.45) is 0. The van der Waals surface area contributed by atoms with Gasteiger partial charge >= 0.3 is 0 Å². The van der Waals surface area contributed by atoms with Gasteiger partial charge in [-0.2, -0.15) is 0 Å². The van der Waals surface area contributed by atoms with E-state index in [2.05, 4.69) is 0 Å². The first-order valence-corrected chi connectivity index (χ1v) is 5.32. The summed E-state index contributed by atoms with van der Waals surface area (Å²) >= 11 is 5.83. The SMILES string of the molecule is NCc1ccc(COc2cccc(Cl)c2)o1. The van der Waals surface area contributed by atoms with Crippen LogP contribution in [0.3, 0.4) is 0 Å². The first-order valence-electron chi connectivity index (χ1n) is 4.94. The average Bonchev–Trinajstić information content (AvgIpc) is 2.74. The zero-order valence-electron chi connectivity index (χ0n) is 8.65. The van der Waals surface area contributed by atoms with Crippen molar-refractivity contribution in [3.63, 3.8) is 0 Å². The van der Waals surface area contributed by atoms with Gasteiger partial charge < -0.3 is 14.9 Å². The van der Waals surface area contributed by atoms with Gasteiger partial charge in [0.2, 0.25) is 0 Å². The number of ether oxygens (including phenoxy) is 1. The molecule has 1 heterocycles. The van der Waals surface area contributed by atoms with Crippen LogP contribution in [0.2, 0.25) is 5.02 Å². The highest BCUT2D eigenvalue weighted by molar-refractivity contribution is 6.30. The van der Waals surface area contributed by atoms with Gasteiger partial charge in [-0.1, -0.05) is 17.7 Å². The summed E-state index contributed by atoms with van der Waals surface area (Å²) in [7, 11) is 0. The molecular weight excluding hydrogens is 226 g/mol. The summed E-state index contributed by atoms with van der Waals surface area (Å²) in [5.41, 5.74) is 5.44. The van der Waals surface area contributed by atoms with E-state index >= 15 is 0 Å². The van der Waals surface area contributed by atoms with Crippen LogP contribution in [0.1, 0.15) is 11.5 Å². The first kappa shape index (κ1) is 11.0. The summed E-state index contributed by atoms with van der Waals surface area (Å²) in [6, 6.07) is 10.9. The van der Waals surface area contributed by atoms with Crippen LogP contribution in [0.25, 0.3) is 0 Å². The Kier molecular flexibility index (Phi) is 3.49. The van der Waals surface area contributed by atoms with Crippen LogP contribution in [0, 0.1) is 0 Å². The van der Waals surface area contributed by atoms with Crippen LogP contribution in [-0.2, 0) is 13.2 Å². The van der Waals surface area contributed by atoms with Gasteiger partial charge in [0, 0.05) is 5.02 Å². The normalized spacial score (nSPS) is 10.4. The van der Waals surface area contributed by atoms with Gasteiger partial charge in [0.25, 0.3) is 0 Å². The van der Waals surface area contributed by atoms with Crippen molar-refractivity contribution >= 4 is 11.6 Å². The molecule has 1 aromatic heterocycles. The monoisotopic (exact) mass is 237 g/mol. The second kappa shape index (κ2) is 5.05. The Labute approximate surface area is 98.8 Å². The molecule has 0 unspecified atom stereocenters. The van der Waals surface area contributed by atoms with E-state index in [0.717, 1.165) is 17.3 Å². The van der Waals surface area contributed by atoms with E-state index < -0.39 is 0 Å². The lowest BCUT2D eigenvalue weighted by Gasteiger charge is -2.03. The van der Waals surface area contributed by atoms with Gasteiger partial charge in [-0.05, 0) is 30.3 Å². The summed E-state index contributed by atoms with van der Waals surface area (Å²) < 4.78 is 10.9. The third-order valence-electron chi connectivity index (χ3n) is 2.10. The minimum absolute atomic E-state index is 0.375. The number of benzene rings is 1. The molecule has 1 aromatic carbocycles. The molecule has 3 nitrogen and oxygen atoms in total. The standard InChI is InChI=1S/C12H12ClNO2/c13-9-2-1-3-10(6-9)15-8-12-5-4-11(7-14)16-12/h1-6H,7-8,14H2. The van der Waals surface area contributed by atoms with Gasteiger partial charge in [-0.3, -0.25) is 0 Å². The highest BCUT2D eigenvalue weighted by atomic mass is 35.5. The molecule has 0 radical (unpaired) electrons. The van der Waals surface area contributed by atoms with Crippen molar-refractivity contribution in [1.29, 1.82) is 0 Å². The molecule has 84 valence electrons. The van der Waals surface area contributed by atoms with Crippen molar-refractivity contribution in [2.24, 2.45) is 5.73 Å². The lowest BCUT2D eigenvalue weighted by atomic mass is 10.3. The molecule has 0 bridgehead atoms. The van der Waals surface area contributed by atoms with Gasteiger partial charge in [-0.15, -0.1) is 0 Å². The van der Waals surface area contributed by atoms with E-state index in [-0.39, 0.29) is 0 Å². The molecule has 4 heteroatoms. The van der Waals surface area contributed by atoms with E-state index in [1.54, 1.807) is 12.1 Å². The van der Waals surface area contributed by atoms with Gasteiger partial charge in [0.15, 0.2) is 0 Å². The second-order valence-corrected chi connectivity index (χ2v) is 3.75. The maximum Gasteiger partial charge on any atom is 0.146 e. The fourth-order valence-electron chi connectivity index (χ4n) is 1.32. The van der Waals surface area contributed by atoms with Crippen molar-refractivity contribution in [1.82, 2.24) is 0 Å². The Hall–Kier alpha value is -1.45. The van der Waals surface area contributed by atoms with Crippen LogP contribution in [0.4, 0.5) is 0 Å². The summed E-state index contributed by atoms with van der Waals surface area (Å²) in [5.74, 6) is 2.23. The molecule has 0 spiro atoms. The zero-order valence-corrected chi connectivity index (χ0v) is 9.41. The fourth-order valence-corrected chi connectivity index (χ4v) is 1.50. The topological polar surface area (TPSA) is 48.4 Å². The Balaban J connectivity index is 1.96. The number of furan rings is 1. The molecule has 0 saturated carbocycles. The van der Waals surface area contributed by atoms with Crippen LogP contribution in [-0.4, -0.2) is 0 Å². The van der Waals surface area contributed by atoms with E-state index in [0.29, 0.717) is 18.2 Å². The molecule has 2 N–H and O–H groups in total. The third kappa shape index (κ3) is 2.78. The molecule has 0 aliphatic heterocycles. The highest BCUT2D eigenvalue weighted by Gasteiger charge is 2.01. The number of rotatable bonds is 4. The molecule has 2 rings (SSSR count). The number of nitrogens with two attached hydrogens (primary N) is 1. The van der Waals surface area contributed by atoms with Crippen LogP contribution >= 0.6 is 11.6 Å². The lowest BCUT2D eigenvalue weighted by molar-refractivity contribution is 0.266. The minimum Gasteiger partial charge on any atom is -0.486 e. The largest absolute Gasteiger partial charge is 0.486 e. The third-order valence-corrected chi connectivity index (χ3v) is 2.33. The lowest BCUT2D eigenvalue weighted by Crippen LogP contribution is -1.95. The Morgan fingerprint density at radius 1 is 1.19 bits per heavy atom. The van der Waals surface area contributed by atoms with Crippen molar-refractivity contribution in [2.45, 2.75) is 13.2 Å². The van der Waals surface area contributed by atoms with Crippen LogP contribution in [0.5, 0.6) is 5.75 Å². The van der Waals surface area contributed by atoms with Gasteiger partial charge in [-0.25, -0.2) is 0 Å². The van der Waals surface area contributed by atoms with Crippen molar-refractivity contribution in [3.8, 4) is 5.75 Å². The Morgan fingerprint density at radius 2 is 2.00 bits per heavy atom. The van der Waals surface area contributed by atoms with E-state index in [9.17, 15) is 0 Å². The summed E-state index contributed by atoms with van der Waals surface area (Å²) in [5, 5.41) is 0.652. The second-order valence-electron chi connectivity index (χ2n) is 3.32. The maximum absolute atomic E-state index is 5.83. The Morgan fingerprint density at radius 3 is 2.69 bits per heavy atom. The maximum atomic E-state index is 5.83. The number of halogens is 1. The van der Waals surface area contributed by atoms with Crippen LogP contribution in [0.15, 0.2) is 40.8 Å². The van der Waals surface area contributed by atoms with Crippen molar-refractivity contribution < 1.29 is 9.15 Å². The van der Waals surface area contributed by atoms with Crippen LogP contribution < -0.4 is 10.5 Å². The molecule has 0 aliphatic rings. The molecule has 0 aliphatic carbocycles. The predicted octanol–water partition coefficient (Wildman–Crippen LogP) is 2.97. The fraction of sp³-hybridized carbons (Fsp3) is 0.167. The van der Waals surface area contributed by atoms with Crippen molar-refractivity contribution in [2.75, 3.05) is 0 Å². The summed E-state index contributed by atoms with van der Waals surface area (Å²) in [6.45, 7) is 0.775. The molecule has 0 saturated heterocycles. The molecule has 0 atom stereocenters. The smallest absolute Gasteiger partial charge is 0.146 e. The average molecular weight is 238 g/mol. The van der Waals surface area contributed by atoms with E-state index in [1.807, 2.05) is 24.3 Å². The van der Waals surface area contributed by atoms with Gasteiger partial charge in [0.1, 0.15) is 23.9 Å². The van der Waals surface area contributed by atoms with Crippen molar-refractivity contribution in [3.05, 3.63) is 52.9 Å². The van der Waals surface area contributed by atoms with E-state index in [1.165, 1.54) is 0 Å². The quantitative estimate of drug-likeness (QED) is 0.889. The minimum atomic E-state index is 0.375. The summed E-state index contributed by atoms with van der Waals surface area (Å²) in [4.78, 5) is 0. The molecule has 16 heavy (non-hydrogen) atoms. The molecular formula is C12H12ClNO2. The van der Waals surface area contributed by atoms with E-state index in [4.69, 9.17) is 26.5 Å². The zero-order chi connectivity index (χ0) is 11.4. The molecule has 2 aromatic rings. The highest BCUT2D eigenvalue weighted by Crippen LogP contribution is 2.18. The van der Waals surface area contributed by atoms with Gasteiger partial charge in [0.05, 0.1) is 6.54 Å². The number of hydrogen-bond donors (Lipinski definition) is 1. The predicted molar refractivity (Wildman–Crippen MR) is 62.4 cm³/mol. The Bertz CT molecular complexity index is 468. The first-order chi connectivity index (χ1) is 7.78. The molecule has 0 amide bonds. The number of hydrogen-bond acceptors (Lipinski definition) is 3.